The molecule has 0 saturated carbocycles. The molecule has 1 heterocycles. The van der Waals surface area contributed by atoms with Gasteiger partial charge in [-0.15, -0.1) is 0 Å². The third kappa shape index (κ3) is 3.62. The summed E-state index contributed by atoms with van der Waals surface area (Å²) in [6.07, 6.45) is 0. The van der Waals surface area contributed by atoms with Gasteiger partial charge in [0.05, 0.1) is 0 Å². The maximum Gasteiger partial charge on any atom is 0.246 e. The van der Waals surface area contributed by atoms with E-state index in [-0.39, 0.29) is 23.8 Å². The average molecular weight is 310 g/mol. The molecular formula is C14H18N2O4S. The first kappa shape index (κ1) is 15.5. The van der Waals surface area contributed by atoms with Gasteiger partial charge >= 0.3 is 0 Å². The monoisotopic (exact) mass is 310 g/mol. The second-order valence-electron chi connectivity index (χ2n) is 4.67. The molecule has 0 spiro atoms. The van der Waals surface area contributed by atoms with Gasteiger partial charge in [-0.25, -0.2) is 13.1 Å². The summed E-state index contributed by atoms with van der Waals surface area (Å²) in [5.41, 5.74) is 1.35. The number of aromatic nitrogens is 1. The van der Waals surface area contributed by atoms with Crippen molar-refractivity contribution in [3.63, 3.8) is 0 Å². The van der Waals surface area contributed by atoms with E-state index in [0.717, 1.165) is 11.3 Å². The molecule has 0 aliphatic heterocycles. The van der Waals surface area contributed by atoms with Gasteiger partial charge in [-0.3, -0.25) is 0 Å². The molecule has 21 heavy (non-hydrogen) atoms. The normalized spacial score (nSPS) is 11.6. The molecule has 0 atom stereocenters. The summed E-state index contributed by atoms with van der Waals surface area (Å²) < 4.78 is 37.2. The standard InChI is InChI=1S/C14H18N2O4S/c1-10-6-4-5-7-13(10)19-9-8-15-21(17,18)14-11(2)16-20-12(14)3/h4-7,15H,8-9H2,1-3H3. The van der Waals surface area contributed by atoms with Crippen LogP contribution in [0, 0.1) is 20.8 Å². The Balaban J connectivity index is 1.93. The van der Waals surface area contributed by atoms with E-state index in [0.29, 0.717) is 5.69 Å². The zero-order valence-electron chi connectivity index (χ0n) is 12.2. The van der Waals surface area contributed by atoms with Crippen molar-refractivity contribution in [2.24, 2.45) is 0 Å². The lowest BCUT2D eigenvalue weighted by molar-refractivity contribution is 0.320. The fourth-order valence-corrected chi connectivity index (χ4v) is 3.32. The largest absolute Gasteiger partial charge is 0.492 e. The van der Waals surface area contributed by atoms with E-state index < -0.39 is 10.0 Å². The van der Waals surface area contributed by atoms with Crippen molar-refractivity contribution >= 4 is 10.0 Å². The summed E-state index contributed by atoms with van der Waals surface area (Å²) in [5.74, 6) is 1.02. The number of aryl methyl sites for hydroxylation is 3. The van der Waals surface area contributed by atoms with Gasteiger partial charge in [0.2, 0.25) is 10.0 Å². The van der Waals surface area contributed by atoms with Crippen LogP contribution in [0.25, 0.3) is 0 Å². The number of hydrogen-bond donors (Lipinski definition) is 1. The second kappa shape index (κ2) is 6.28. The Morgan fingerprint density at radius 2 is 1.95 bits per heavy atom. The maximum absolute atomic E-state index is 12.1. The first-order valence-corrected chi connectivity index (χ1v) is 8.01. The van der Waals surface area contributed by atoms with Crippen LogP contribution >= 0.6 is 0 Å². The average Bonchev–Trinajstić information content (AvgIpc) is 2.77. The predicted octanol–water partition coefficient (Wildman–Crippen LogP) is 1.96. The fourth-order valence-electron chi connectivity index (χ4n) is 1.99. The van der Waals surface area contributed by atoms with Gasteiger partial charge in [-0.05, 0) is 32.4 Å². The van der Waals surface area contributed by atoms with Crippen LogP contribution in [0.2, 0.25) is 0 Å². The summed E-state index contributed by atoms with van der Waals surface area (Å²) in [5, 5.41) is 3.64. The van der Waals surface area contributed by atoms with Crippen LogP contribution in [0.5, 0.6) is 5.75 Å². The number of ether oxygens (including phenoxy) is 1. The number of sulfonamides is 1. The van der Waals surface area contributed by atoms with E-state index in [1.165, 1.54) is 0 Å². The van der Waals surface area contributed by atoms with Gasteiger partial charge in [-0.2, -0.15) is 0 Å². The zero-order chi connectivity index (χ0) is 15.5. The topological polar surface area (TPSA) is 81.4 Å². The van der Waals surface area contributed by atoms with E-state index in [1.54, 1.807) is 13.8 Å². The molecule has 0 aliphatic rings. The molecule has 2 rings (SSSR count). The zero-order valence-corrected chi connectivity index (χ0v) is 13.0. The fraction of sp³-hybridized carbons (Fsp3) is 0.357. The molecule has 7 heteroatoms. The van der Waals surface area contributed by atoms with E-state index in [2.05, 4.69) is 9.88 Å². The molecule has 1 aromatic carbocycles. The van der Waals surface area contributed by atoms with Crippen molar-refractivity contribution < 1.29 is 17.7 Å². The van der Waals surface area contributed by atoms with Gasteiger partial charge < -0.3 is 9.26 Å². The summed E-state index contributed by atoms with van der Waals surface area (Å²) in [4.78, 5) is 0.0957. The second-order valence-corrected chi connectivity index (χ2v) is 6.37. The smallest absolute Gasteiger partial charge is 0.246 e. The summed E-state index contributed by atoms with van der Waals surface area (Å²) >= 11 is 0. The van der Waals surface area contributed by atoms with E-state index in [4.69, 9.17) is 9.26 Å². The van der Waals surface area contributed by atoms with Gasteiger partial charge in [0.15, 0.2) is 5.76 Å². The minimum atomic E-state index is -3.63. The SMILES string of the molecule is Cc1ccccc1OCCNS(=O)(=O)c1c(C)noc1C. The minimum Gasteiger partial charge on any atom is -0.492 e. The molecule has 0 unspecified atom stereocenters. The molecule has 6 nitrogen and oxygen atoms in total. The summed E-state index contributed by atoms with van der Waals surface area (Å²) in [6, 6.07) is 7.57. The number of nitrogens with one attached hydrogen (secondary N) is 1. The molecule has 0 aliphatic carbocycles. The van der Waals surface area contributed by atoms with Crippen LogP contribution in [0.15, 0.2) is 33.7 Å². The van der Waals surface area contributed by atoms with Crippen molar-refractivity contribution in [2.45, 2.75) is 25.7 Å². The molecule has 2 aromatic rings. The summed E-state index contributed by atoms with van der Waals surface area (Å²) in [6.45, 7) is 5.50. The Kier molecular flexibility index (Phi) is 4.64. The van der Waals surface area contributed by atoms with E-state index in [9.17, 15) is 8.42 Å². The Bertz CT molecular complexity index is 703. The molecule has 0 radical (unpaired) electrons. The number of benzene rings is 1. The Labute approximate surface area is 124 Å². The first-order chi connectivity index (χ1) is 9.92. The highest BCUT2D eigenvalue weighted by Crippen LogP contribution is 2.18. The van der Waals surface area contributed by atoms with Gasteiger partial charge in [0, 0.05) is 6.54 Å². The first-order valence-electron chi connectivity index (χ1n) is 6.53. The van der Waals surface area contributed by atoms with Crippen molar-refractivity contribution in [2.75, 3.05) is 13.2 Å². The molecule has 0 saturated heterocycles. The highest BCUT2D eigenvalue weighted by molar-refractivity contribution is 7.89. The number of hydrogen-bond acceptors (Lipinski definition) is 5. The lowest BCUT2D eigenvalue weighted by Crippen LogP contribution is -2.29. The number of rotatable bonds is 6. The number of nitrogens with zero attached hydrogens (tertiary/aromatic N) is 1. The van der Waals surface area contributed by atoms with Crippen molar-refractivity contribution in [3.8, 4) is 5.75 Å². The Morgan fingerprint density at radius 3 is 2.57 bits per heavy atom. The van der Waals surface area contributed by atoms with E-state index in [1.807, 2.05) is 31.2 Å². The van der Waals surface area contributed by atoms with Crippen LogP contribution in [-0.2, 0) is 10.0 Å². The van der Waals surface area contributed by atoms with Gasteiger partial charge in [0.1, 0.15) is 22.9 Å². The summed E-state index contributed by atoms with van der Waals surface area (Å²) in [7, 11) is -3.63. The molecule has 1 N–H and O–H groups in total. The number of para-hydroxylation sites is 1. The Hall–Kier alpha value is -1.86. The Morgan fingerprint density at radius 1 is 1.24 bits per heavy atom. The molecule has 0 bridgehead atoms. The third-order valence-electron chi connectivity index (χ3n) is 2.98. The highest BCUT2D eigenvalue weighted by atomic mass is 32.2. The van der Waals surface area contributed by atoms with Gasteiger partial charge in [0.25, 0.3) is 0 Å². The van der Waals surface area contributed by atoms with Crippen molar-refractivity contribution in [3.05, 3.63) is 41.3 Å². The molecule has 0 amide bonds. The third-order valence-corrected chi connectivity index (χ3v) is 4.69. The molecular weight excluding hydrogens is 292 g/mol. The lowest BCUT2D eigenvalue weighted by Gasteiger charge is -2.10. The lowest BCUT2D eigenvalue weighted by atomic mass is 10.2. The quantitative estimate of drug-likeness (QED) is 0.825. The van der Waals surface area contributed by atoms with Crippen LogP contribution < -0.4 is 9.46 Å². The van der Waals surface area contributed by atoms with Gasteiger partial charge in [-0.1, -0.05) is 23.4 Å². The van der Waals surface area contributed by atoms with Crippen molar-refractivity contribution in [1.29, 1.82) is 0 Å². The molecule has 0 fully saturated rings. The predicted molar refractivity (Wildman–Crippen MR) is 77.8 cm³/mol. The van der Waals surface area contributed by atoms with Crippen molar-refractivity contribution in [1.82, 2.24) is 9.88 Å². The maximum atomic E-state index is 12.1. The highest BCUT2D eigenvalue weighted by Gasteiger charge is 2.23. The molecule has 114 valence electrons. The van der Waals surface area contributed by atoms with Crippen LogP contribution in [0.3, 0.4) is 0 Å². The molecule has 1 aromatic heterocycles. The minimum absolute atomic E-state index is 0.0957. The van der Waals surface area contributed by atoms with Crippen LogP contribution in [0.1, 0.15) is 17.0 Å². The van der Waals surface area contributed by atoms with Crippen LogP contribution in [0.4, 0.5) is 0 Å². The van der Waals surface area contributed by atoms with Crippen LogP contribution in [-0.4, -0.2) is 26.7 Å². The van der Waals surface area contributed by atoms with E-state index >= 15 is 0 Å².